The summed E-state index contributed by atoms with van der Waals surface area (Å²) in [5, 5.41) is 4.62. The van der Waals surface area contributed by atoms with E-state index in [9.17, 15) is 14.4 Å². The Hall–Kier alpha value is -3.87. The van der Waals surface area contributed by atoms with Gasteiger partial charge in [0.2, 0.25) is 0 Å². The van der Waals surface area contributed by atoms with E-state index in [1.54, 1.807) is 0 Å². The third-order valence-corrected chi connectivity index (χ3v) is 4.72. The number of methoxy groups -OCH3 is 2. The summed E-state index contributed by atoms with van der Waals surface area (Å²) < 4.78 is 15.5. The molecule has 0 bridgehead atoms. The van der Waals surface area contributed by atoms with Crippen LogP contribution in [-0.2, 0) is 14.3 Å². The normalized spacial score (nSPS) is 11.5. The van der Waals surface area contributed by atoms with E-state index in [2.05, 4.69) is 5.32 Å². The molecule has 7 heteroatoms. The fourth-order valence-electron chi connectivity index (χ4n) is 3.17. The molecule has 0 spiro atoms. The topological polar surface area (TPSA) is 90.9 Å². The second kappa shape index (κ2) is 9.75. The average Bonchev–Trinajstić information content (AvgIpc) is 2.81. The molecular weight excluding hydrogens is 398 g/mol. The van der Waals surface area contributed by atoms with Crippen molar-refractivity contribution >= 4 is 34.3 Å². The van der Waals surface area contributed by atoms with Crippen LogP contribution < -0.4 is 10.1 Å². The Balaban J connectivity index is 1.86. The molecule has 1 atom stereocenters. The lowest BCUT2D eigenvalue weighted by Gasteiger charge is -2.19. The quantitative estimate of drug-likeness (QED) is 0.575. The van der Waals surface area contributed by atoms with Crippen molar-refractivity contribution in [1.29, 1.82) is 0 Å². The van der Waals surface area contributed by atoms with Crippen molar-refractivity contribution in [3.8, 4) is 5.75 Å². The highest BCUT2D eigenvalue weighted by molar-refractivity contribution is 6.00. The van der Waals surface area contributed by atoms with Crippen LogP contribution in [0.3, 0.4) is 0 Å². The number of carbonyl (C=O) groups excluding carboxylic acids is 3. The van der Waals surface area contributed by atoms with Crippen LogP contribution in [0.5, 0.6) is 5.75 Å². The predicted octanol–water partition coefficient (Wildman–Crippen LogP) is 4.21. The first kappa shape index (κ1) is 21.8. The van der Waals surface area contributed by atoms with Crippen molar-refractivity contribution < 1.29 is 28.6 Å². The molecule has 0 radical (unpaired) electrons. The lowest BCUT2D eigenvalue weighted by Crippen LogP contribution is -2.32. The first-order valence-corrected chi connectivity index (χ1v) is 9.73. The van der Waals surface area contributed by atoms with E-state index in [-0.39, 0.29) is 16.8 Å². The predicted molar refractivity (Wildman–Crippen MR) is 116 cm³/mol. The number of nitrogens with one attached hydrogen (secondary N) is 1. The molecular formula is C24H23NO6. The molecule has 3 rings (SSSR count). The smallest absolute Gasteiger partial charge is 0.337 e. The Kier molecular flexibility index (Phi) is 6.87. The molecule has 0 heterocycles. The Morgan fingerprint density at radius 1 is 0.871 bits per heavy atom. The maximum absolute atomic E-state index is 12.9. The first-order valence-electron chi connectivity index (χ1n) is 9.73. The summed E-state index contributed by atoms with van der Waals surface area (Å²) in [6, 6.07) is 17.6. The number of hydrogen-bond donors (Lipinski definition) is 1. The van der Waals surface area contributed by atoms with Crippen molar-refractivity contribution in [1.82, 2.24) is 0 Å². The molecule has 0 aliphatic heterocycles. The molecule has 7 nitrogen and oxygen atoms in total. The minimum atomic E-state index is -0.783. The molecule has 1 N–H and O–H groups in total. The van der Waals surface area contributed by atoms with Crippen molar-refractivity contribution in [2.24, 2.45) is 0 Å². The maximum atomic E-state index is 12.9. The van der Waals surface area contributed by atoms with Crippen LogP contribution in [0.1, 0.15) is 34.1 Å². The van der Waals surface area contributed by atoms with Gasteiger partial charge < -0.3 is 19.5 Å². The summed E-state index contributed by atoms with van der Waals surface area (Å²) >= 11 is 0. The first-order chi connectivity index (χ1) is 15.0. The number of ether oxygens (including phenoxy) is 3. The van der Waals surface area contributed by atoms with Crippen LogP contribution >= 0.6 is 0 Å². The molecule has 0 saturated carbocycles. The molecule has 0 aliphatic carbocycles. The molecule has 1 amide bonds. The fraction of sp³-hybridized carbons (Fsp3) is 0.208. The Morgan fingerprint density at radius 3 is 2.10 bits per heavy atom. The molecule has 3 aromatic carbocycles. The van der Waals surface area contributed by atoms with Crippen molar-refractivity contribution in [2.75, 3.05) is 19.5 Å². The third kappa shape index (κ3) is 5.01. The number of rotatable bonds is 7. The Morgan fingerprint density at radius 2 is 1.48 bits per heavy atom. The highest BCUT2D eigenvalue weighted by atomic mass is 16.5. The van der Waals surface area contributed by atoms with Crippen molar-refractivity contribution in [2.45, 2.75) is 19.4 Å². The molecule has 3 aromatic rings. The number of hydrogen-bond acceptors (Lipinski definition) is 6. The van der Waals surface area contributed by atoms with Gasteiger partial charge in [-0.1, -0.05) is 43.3 Å². The van der Waals surface area contributed by atoms with Gasteiger partial charge in [-0.2, -0.15) is 0 Å². The van der Waals surface area contributed by atoms with Crippen LogP contribution in [0.25, 0.3) is 10.8 Å². The van der Waals surface area contributed by atoms with E-state index in [0.717, 1.165) is 10.8 Å². The summed E-state index contributed by atoms with van der Waals surface area (Å²) in [6.07, 6.45) is -0.371. The molecule has 0 fully saturated rings. The molecule has 0 aliphatic rings. The fourth-order valence-corrected chi connectivity index (χ4v) is 3.17. The molecule has 0 saturated heterocycles. The number of anilines is 1. The van der Waals surface area contributed by atoms with Crippen LogP contribution in [-0.4, -0.2) is 38.2 Å². The van der Waals surface area contributed by atoms with Crippen LogP contribution in [0.15, 0.2) is 60.7 Å². The lowest BCUT2D eigenvalue weighted by atomic mass is 10.1. The lowest BCUT2D eigenvalue weighted by molar-refractivity contribution is -0.122. The summed E-state index contributed by atoms with van der Waals surface area (Å²) in [6.45, 7) is 1.83. The van der Waals surface area contributed by atoms with Crippen LogP contribution in [0.2, 0.25) is 0 Å². The number of carbonyl (C=O) groups is 3. The Bertz CT molecular complexity index is 1080. The highest BCUT2D eigenvalue weighted by Gasteiger charge is 2.21. The van der Waals surface area contributed by atoms with Crippen molar-refractivity contribution in [3.05, 3.63) is 71.8 Å². The Labute approximate surface area is 179 Å². The number of amides is 1. The highest BCUT2D eigenvalue weighted by Crippen LogP contribution is 2.27. The maximum Gasteiger partial charge on any atom is 0.337 e. The minimum Gasteiger partial charge on any atom is -0.480 e. The van der Waals surface area contributed by atoms with E-state index in [0.29, 0.717) is 12.2 Å². The molecule has 31 heavy (non-hydrogen) atoms. The van der Waals surface area contributed by atoms with Crippen LogP contribution in [0, 0.1) is 0 Å². The number of esters is 2. The van der Waals surface area contributed by atoms with Gasteiger partial charge in [0.15, 0.2) is 6.10 Å². The second-order valence-corrected chi connectivity index (χ2v) is 6.76. The van der Waals surface area contributed by atoms with Gasteiger partial charge in [0.1, 0.15) is 5.75 Å². The monoisotopic (exact) mass is 421 g/mol. The summed E-state index contributed by atoms with van der Waals surface area (Å²) in [7, 11) is 2.47. The minimum absolute atomic E-state index is 0.115. The van der Waals surface area contributed by atoms with Gasteiger partial charge in [-0.25, -0.2) is 9.59 Å². The van der Waals surface area contributed by atoms with Gasteiger partial charge in [0, 0.05) is 11.1 Å². The number of benzene rings is 3. The molecule has 160 valence electrons. The molecule has 0 aromatic heterocycles. The standard InChI is InChI=1S/C24H23NO6/c1-4-20(31-21-11-7-9-15-8-5-6-10-19(15)21)22(26)25-18-13-16(23(27)29-2)12-17(14-18)24(28)30-3/h5-14,20H,4H2,1-3H3,(H,25,26)/t20-/m1/s1. The van der Waals surface area contributed by atoms with Gasteiger partial charge in [0.25, 0.3) is 5.91 Å². The van der Waals surface area contributed by atoms with E-state index in [1.807, 2.05) is 49.4 Å². The van der Waals surface area contributed by atoms with E-state index < -0.39 is 23.9 Å². The number of fused-ring (bicyclic) bond motifs is 1. The van der Waals surface area contributed by atoms with Crippen molar-refractivity contribution in [3.63, 3.8) is 0 Å². The summed E-state index contributed by atoms with van der Waals surface area (Å²) in [5.41, 5.74) is 0.487. The summed E-state index contributed by atoms with van der Waals surface area (Å²) in [5.74, 6) is -1.09. The van der Waals surface area contributed by atoms with Gasteiger partial charge in [-0.3, -0.25) is 4.79 Å². The summed E-state index contributed by atoms with van der Waals surface area (Å²) in [4.78, 5) is 36.8. The SMILES string of the molecule is CC[C@@H](Oc1cccc2ccccc12)C(=O)Nc1cc(C(=O)OC)cc(C(=O)OC)c1. The van der Waals surface area contributed by atoms with Gasteiger partial charge in [0.05, 0.1) is 25.3 Å². The third-order valence-electron chi connectivity index (χ3n) is 4.72. The van der Waals surface area contributed by atoms with Gasteiger partial charge in [-0.15, -0.1) is 0 Å². The van der Waals surface area contributed by atoms with E-state index in [4.69, 9.17) is 14.2 Å². The second-order valence-electron chi connectivity index (χ2n) is 6.76. The van der Waals surface area contributed by atoms with E-state index >= 15 is 0 Å². The van der Waals surface area contributed by atoms with Gasteiger partial charge in [-0.05, 0) is 36.1 Å². The van der Waals surface area contributed by atoms with Gasteiger partial charge >= 0.3 is 11.9 Å². The zero-order chi connectivity index (χ0) is 22.4. The largest absolute Gasteiger partial charge is 0.480 e. The average molecular weight is 421 g/mol. The zero-order valence-electron chi connectivity index (χ0n) is 17.5. The molecule has 0 unspecified atom stereocenters. The zero-order valence-corrected chi connectivity index (χ0v) is 17.5. The van der Waals surface area contributed by atoms with Crippen LogP contribution in [0.4, 0.5) is 5.69 Å². The van der Waals surface area contributed by atoms with E-state index in [1.165, 1.54) is 32.4 Å².